The Morgan fingerprint density at radius 3 is 2.26 bits per heavy atom. The molecule has 1 atom stereocenters. The molecule has 0 aromatic heterocycles. The van der Waals surface area contributed by atoms with E-state index in [4.69, 9.17) is 0 Å². The summed E-state index contributed by atoms with van der Waals surface area (Å²) in [4.78, 5) is 40.1. The van der Waals surface area contributed by atoms with Crippen molar-refractivity contribution in [2.75, 3.05) is 6.54 Å². The van der Waals surface area contributed by atoms with Crippen LogP contribution in [0.25, 0.3) is 0 Å². The molecule has 0 unspecified atom stereocenters. The van der Waals surface area contributed by atoms with Crippen LogP contribution in [0.2, 0.25) is 0 Å². The van der Waals surface area contributed by atoms with Crippen molar-refractivity contribution in [3.63, 3.8) is 0 Å². The van der Waals surface area contributed by atoms with Crippen LogP contribution in [-0.4, -0.2) is 52.3 Å². The Morgan fingerprint density at radius 1 is 1.17 bits per heavy atom. The summed E-state index contributed by atoms with van der Waals surface area (Å²) < 4.78 is 0. The Hall–Kier alpha value is -1.59. The van der Waals surface area contributed by atoms with Crippen LogP contribution in [0.4, 0.5) is 4.79 Å². The third-order valence-corrected chi connectivity index (χ3v) is 4.83. The minimum absolute atomic E-state index is 0.0195. The number of nitrogens with zero attached hydrogens (tertiary/aromatic N) is 2. The number of carbonyl (C=O) groups excluding carboxylic acids is 3. The number of imide groups is 1. The zero-order valence-electron chi connectivity index (χ0n) is 14.7. The lowest BCUT2D eigenvalue weighted by Gasteiger charge is -2.38. The number of nitrogens with one attached hydrogen (secondary N) is 1. The van der Waals surface area contributed by atoms with Gasteiger partial charge >= 0.3 is 6.03 Å². The van der Waals surface area contributed by atoms with Crippen LogP contribution < -0.4 is 5.32 Å². The first-order valence-corrected chi connectivity index (χ1v) is 8.76. The Balaban J connectivity index is 2.06. The van der Waals surface area contributed by atoms with Crippen molar-refractivity contribution in [1.29, 1.82) is 0 Å². The molecular formula is C17H29N3O3. The molecule has 1 N–H and O–H groups in total. The van der Waals surface area contributed by atoms with Gasteiger partial charge in [-0.1, -0.05) is 33.1 Å². The van der Waals surface area contributed by atoms with Gasteiger partial charge in [0.1, 0.15) is 12.6 Å². The Bertz CT molecular complexity index is 470. The molecule has 1 heterocycles. The van der Waals surface area contributed by atoms with Gasteiger partial charge < -0.3 is 10.2 Å². The lowest BCUT2D eigenvalue weighted by atomic mass is 9.93. The standard InChI is InChI=1S/C17H29N3O3/c1-11(2)15-16(22)19(17(23)18-15)10-14(21)20(12(3)4)13-8-6-5-7-9-13/h11-13,15H,5-10H2,1-4H3,(H,18,23)/t15-/m0/s1. The first-order chi connectivity index (χ1) is 10.8. The molecule has 23 heavy (non-hydrogen) atoms. The molecule has 2 fully saturated rings. The minimum Gasteiger partial charge on any atom is -0.336 e. The lowest BCUT2D eigenvalue weighted by molar-refractivity contribution is -0.141. The molecule has 1 saturated carbocycles. The Morgan fingerprint density at radius 2 is 1.78 bits per heavy atom. The average molecular weight is 323 g/mol. The monoisotopic (exact) mass is 323 g/mol. The van der Waals surface area contributed by atoms with E-state index < -0.39 is 12.1 Å². The number of rotatable bonds is 5. The van der Waals surface area contributed by atoms with Crippen molar-refractivity contribution in [3.05, 3.63) is 0 Å². The summed E-state index contributed by atoms with van der Waals surface area (Å²) in [5.74, 6) is -0.392. The van der Waals surface area contributed by atoms with E-state index in [-0.39, 0.29) is 36.4 Å². The fourth-order valence-corrected chi connectivity index (χ4v) is 3.63. The fraction of sp³-hybridized carbons (Fsp3) is 0.824. The summed E-state index contributed by atoms with van der Waals surface area (Å²) >= 11 is 0. The quantitative estimate of drug-likeness (QED) is 0.788. The molecule has 1 aliphatic carbocycles. The molecular weight excluding hydrogens is 294 g/mol. The molecule has 6 nitrogen and oxygen atoms in total. The van der Waals surface area contributed by atoms with E-state index in [0.717, 1.165) is 30.6 Å². The fourth-order valence-electron chi connectivity index (χ4n) is 3.63. The molecule has 0 bridgehead atoms. The van der Waals surface area contributed by atoms with Crippen molar-refractivity contribution in [3.8, 4) is 0 Å². The molecule has 0 radical (unpaired) electrons. The molecule has 2 aliphatic rings. The molecule has 2 rings (SSSR count). The van der Waals surface area contributed by atoms with Crippen molar-refractivity contribution in [1.82, 2.24) is 15.1 Å². The van der Waals surface area contributed by atoms with E-state index in [0.29, 0.717) is 0 Å². The number of hydrogen-bond acceptors (Lipinski definition) is 3. The second kappa shape index (κ2) is 7.32. The first-order valence-electron chi connectivity index (χ1n) is 8.76. The number of amides is 4. The largest absolute Gasteiger partial charge is 0.336 e. The van der Waals surface area contributed by atoms with Crippen LogP contribution in [0.1, 0.15) is 59.8 Å². The van der Waals surface area contributed by atoms with Crippen LogP contribution in [0.15, 0.2) is 0 Å². The van der Waals surface area contributed by atoms with Crippen molar-refractivity contribution >= 4 is 17.8 Å². The van der Waals surface area contributed by atoms with Gasteiger partial charge in [-0.25, -0.2) is 4.79 Å². The van der Waals surface area contributed by atoms with Crippen molar-refractivity contribution in [2.24, 2.45) is 5.92 Å². The molecule has 0 spiro atoms. The van der Waals surface area contributed by atoms with Gasteiger partial charge in [-0.05, 0) is 32.6 Å². The maximum Gasteiger partial charge on any atom is 0.325 e. The van der Waals surface area contributed by atoms with E-state index in [9.17, 15) is 14.4 Å². The number of hydrogen-bond donors (Lipinski definition) is 1. The maximum absolute atomic E-state index is 12.8. The normalized spacial score (nSPS) is 22.9. The van der Waals surface area contributed by atoms with Gasteiger partial charge in [0.05, 0.1) is 0 Å². The van der Waals surface area contributed by atoms with Gasteiger partial charge in [0.25, 0.3) is 5.91 Å². The van der Waals surface area contributed by atoms with Gasteiger partial charge in [0.2, 0.25) is 5.91 Å². The van der Waals surface area contributed by atoms with E-state index >= 15 is 0 Å². The second-order valence-electron chi connectivity index (χ2n) is 7.28. The molecule has 0 aromatic carbocycles. The molecule has 130 valence electrons. The molecule has 4 amide bonds. The molecule has 0 aromatic rings. The Kier molecular flexibility index (Phi) is 5.65. The van der Waals surface area contributed by atoms with Gasteiger partial charge in [-0.15, -0.1) is 0 Å². The van der Waals surface area contributed by atoms with Crippen molar-refractivity contribution in [2.45, 2.75) is 77.9 Å². The smallest absolute Gasteiger partial charge is 0.325 e. The predicted octanol–water partition coefficient (Wildman–Crippen LogP) is 2.13. The SMILES string of the molecule is CC(C)[C@@H]1NC(=O)N(CC(=O)N(C(C)C)C2CCCCC2)C1=O. The summed E-state index contributed by atoms with van der Waals surface area (Å²) in [5, 5.41) is 2.67. The van der Waals surface area contributed by atoms with Gasteiger partial charge in [0, 0.05) is 12.1 Å². The lowest BCUT2D eigenvalue weighted by Crippen LogP contribution is -2.50. The first kappa shape index (κ1) is 17.8. The second-order valence-corrected chi connectivity index (χ2v) is 7.28. The summed E-state index contributed by atoms with van der Waals surface area (Å²) in [6.45, 7) is 7.61. The third kappa shape index (κ3) is 3.85. The minimum atomic E-state index is -0.516. The maximum atomic E-state index is 12.8. The topological polar surface area (TPSA) is 69.7 Å². The van der Waals surface area contributed by atoms with Gasteiger partial charge in [-0.2, -0.15) is 0 Å². The van der Waals surface area contributed by atoms with Crippen LogP contribution >= 0.6 is 0 Å². The summed E-state index contributed by atoms with van der Waals surface area (Å²) in [6, 6.07) is -0.656. The third-order valence-electron chi connectivity index (χ3n) is 4.83. The zero-order chi connectivity index (χ0) is 17.1. The van der Waals surface area contributed by atoms with E-state index in [2.05, 4.69) is 5.32 Å². The summed E-state index contributed by atoms with van der Waals surface area (Å²) in [5.41, 5.74) is 0. The molecule has 1 saturated heterocycles. The summed E-state index contributed by atoms with van der Waals surface area (Å²) in [7, 11) is 0. The average Bonchev–Trinajstić information content (AvgIpc) is 2.76. The predicted molar refractivity (Wildman–Crippen MR) is 87.7 cm³/mol. The van der Waals surface area contributed by atoms with Crippen LogP contribution in [0.5, 0.6) is 0 Å². The van der Waals surface area contributed by atoms with E-state index in [1.54, 1.807) is 0 Å². The van der Waals surface area contributed by atoms with Crippen molar-refractivity contribution < 1.29 is 14.4 Å². The van der Waals surface area contributed by atoms with Gasteiger partial charge in [-0.3, -0.25) is 14.5 Å². The molecule has 6 heteroatoms. The number of urea groups is 1. The zero-order valence-corrected chi connectivity index (χ0v) is 14.7. The summed E-state index contributed by atoms with van der Waals surface area (Å²) in [6.07, 6.45) is 5.52. The highest BCUT2D eigenvalue weighted by Gasteiger charge is 2.41. The Labute approximate surface area is 138 Å². The molecule has 1 aliphatic heterocycles. The van der Waals surface area contributed by atoms with Crippen LogP contribution in [0, 0.1) is 5.92 Å². The van der Waals surface area contributed by atoms with Crippen LogP contribution in [0.3, 0.4) is 0 Å². The van der Waals surface area contributed by atoms with Gasteiger partial charge in [0.15, 0.2) is 0 Å². The highest BCUT2D eigenvalue weighted by atomic mass is 16.2. The number of carbonyl (C=O) groups is 3. The van der Waals surface area contributed by atoms with E-state index in [1.807, 2.05) is 32.6 Å². The highest BCUT2D eigenvalue weighted by Crippen LogP contribution is 2.25. The van der Waals surface area contributed by atoms with E-state index in [1.165, 1.54) is 6.42 Å². The highest BCUT2D eigenvalue weighted by molar-refractivity contribution is 6.06. The van der Waals surface area contributed by atoms with Crippen LogP contribution in [-0.2, 0) is 9.59 Å².